The van der Waals surface area contributed by atoms with E-state index in [1.165, 1.54) is 11.3 Å². The summed E-state index contributed by atoms with van der Waals surface area (Å²) in [4.78, 5) is 27.1. The topological polar surface area (TPSA) is 119 Å². The second-order valence-corrected chi connectivity index (χ2v) is 11.2. The van der Waals surface area contributed by atoms with Crippen LogP contribution in [0.2, 0.25) is 0 Å². The second kappa shape index (κ2) is 8.99. The number of anilines is 3. The van der Waals surface area contributed by atoms with Crippen molar-refractivity contribution in [1.82, 2.24) is 29.9 Å². The second-order valence-electron chi connectivity index (χ2n) is 10.1. The molecule has 0 spiro atoms. The number of alkyl halides is 1. The van der Waals surface area contributed by atoms with Crippen LogP contribution < -0.4 is 16.0 Å². The van der Waals surface area contributed by atoms with Crippen LogP contribution >= 0.6 is 11.3 Å². The van der Waals surface area contributed by atoms with Crippen molar-refractivity contribution < 1.29 is 14.0 Å². The lowest BCUT2D eigenvalue weighted by atomic mass is 9.89. The molecular weight excluding hydrogens is 483 g/mol. The number of aryl methyl sites for hydroxylation is 3. The molecule has 0 aliphatic heterocycles. The van der Waals surface area contributed by atoms with Crippen molar-refractivity contribution in [2.75, 3.05) is 10.6 Å². The maximum Gasteiger partial charge on any atom is 0.254 e. The van der Waals surface area contributed by atoms with Crippen molar-refractivity contribution in [2.24, 2.45) is 13.0 Å². The molecule has 6 rings (SSSR count). The van der Waals surface area contributed by atoms with Gasteiger partial charge in [0, 0.05) is 36.0 Å². The zero-order chi connectivity index (χ0) is 25.0. The van der Waals surface area contributed by atoms with E-state index in [9.17, 15) is 14.0 Å². The van der Waals surface area contributed by atoms with Gasteiger partial charge in [-0.15, -0.1) is 21.5 Å². The Morgan fingerprint density at radius 3 is 2.72 bits per heavy atom. The fraction of sp³-hybridized carbons (Fsp3) is 0.542. The Bertz CT molecular complexity index is 1320. The van der Waals surface area contributed by atoms with E-state index >= 15 is 0 Å². The molecule has 3 N–H and O–H groups in total. The SMILES string of the molecule is Cc1cc(Nc2nncn2C2CCc3sc(NC(=O)C4CC4)c(C(=O)NC4CC(F)C4)c3C2)n(C)n1. The molecular formula is C24H29FN8O2S. The standard InChI is InChI=1S/C24H29FN8O2S/c1-12-7-19(32(2)31-12)28-24-30-26-11-33(24)16-5-6-18-17(10-16)20(22(35)27-15-8-14(25)9-15)23(36-18)29-21(34)13-3-4-13/h7,11,13-16H,3-6,8-10H2,1-2H3,(H,27,35)(H,28,30)(H,29,34). The molecule has 0 radical (unpaired) electrons. The third kappa shape index (κ3) is 4.38. The van der Waals surface area contributed by atoms with Gasteiger partial charge in [0.15, 0.2) is 0 Å². The Morgan fingerprint density at radius 2 is 2.03 bits per heavy atom. The Hall–Kier alpha value is -3.28. The summed E-state index contributed by atoms with van der Waals surface area (Å²) < 4.78 is 17.1. The van der Waals surface area contributed by atoms with E-state index in [0.29, 0.717) is 35.8 Å². The van der Waals surface area contributed by atoms with Gasteiger partial charge in [-0.1, -0.05) is 0 Å². The number of carbonyl (C=O) groups excluding carboxylic acids is 2. The predicted octanol–water partition coefficient (Wildman–Crippen LogP) is 3.43. The van der Waals surface area contributed by atoms with Crippen LogP contribution in [0.1, 0.15) is 64.6 Å². The fourth-order valence-corrected chi connectivity index (χ4v) is 6.30. The third-order valence-electron chi connectivity index (χ3n) is 7.27. The average molecular weight is 513 g/mol. The predicted molar refractivity (Wildman–Crippen MR) is 133 cm³/mol. The van der Waals surface area contributed by atoms with E-state index in [2.05, 4.69) is 31.2 Å². The molecule has 3 aromatic rings. The van der Waals surface area contributed by atoms with Gasteiger partial charge in [-0.3, -0.25) is 18.8 Å². The number of carbonyl (C=O) groups is 2. The number of rotatable bonds is 7. The van der Waals surface area contributed by atoms with E-state index in [-0.39, 0.29) is 29.8 Å². The molecule has 36 heavy (non-hydrogen) atoms. The van der Waals surface area contributed by atoms with Crippen LogP contribution in [0.4, 0.5) is 21.2 Å². The van der Waals surface area contributed by atoms with Gasteiger partial charge in [0.05, 0.1) is 11.3 Å². The molecule has 3 heterocycles. The molecule has 0 aromatic carbocycles. The third-order valence-corrected chi connectivity index (χ3v) is 8.48. The normalized spacial score (nSPS) is 23.0. The molecule has 2 saturated carbocycles. The molecule has 3 aromatic heterocycles. The monoisotopic (exact) mass is 512 g/mol. The van der Waals surface area contributed by atoms with Gasteiger partial charge in [0.2, 0.25) is 11.9 Å². The van der Waals surface area contributed by atoms with E-state index < -0.39 is 6.17 Å². The highest BCUT2D eigenvalue weighted by Crippen LogP contribution is 2.43. The summed E-state index contributed by atoms with van der Waals surface area (Å²) in [5.74, 6) is 1.20. The van der Waals surface area contributed by atoms with Gasteiger partial charge in [-0.2, -0.15) is 5.10 Å². The first kappa shape index (κ1) is 23.1. The van der Waals surface area contributed by atoms with Crippen LogP contribution in [-0.2, 0) is 24.7 Å². The van der Waals surface area contributed by atoms with Gasteiger partial charge in [0.1, 0.15) is 23.3 Å². The Morgan fingerprint density at radius 1 is 1.22 bits per heavy atom. The number of hydrogen-bond acceptors (Lipinski definition) is 7. The molecule has 0 saturated heterocycles. The highest BCUT2D eigenvalue weighted by Gasteiger charge is 2.36. The lowest BCUT2D eigenvalue weighted by molar-refractivity contribution is -0.117. The van der Waals surface area contributed by atoms with Crippen molar-refractivity contribution in [2.45, 2.75) is 70.1 Å². The summed E-state index contributed by atoms with van der Waals surface area (Å²) >= 11 is 1.49. The summed E-state index contributed by atoms with van der Waals surface area (Å²) in [5.41, 5.74) is 2.38. The minimum atomic E-state index is -0.854. The number of nitrogens with one attached hydrogen (secondary N) is 3. The molecule has 10 nitrogen and oxygen atoms in total. The fourth-order valence-electron chi connectivity index (χ4n) is 5.06. The number of thiophene rings is 1. The number of amides is 2. The van der Waals surface area contributed by atoms with Crippen LogP contribution in [0.5, 0.6) is 0 Å². The summed E-state index contributed by atoms with van der Waals surface area (Å²) in [6.07, 6.45) is 5.56. The zero-order valence-corrected chi connectivity index (χ0v) is 21.1. The van der Waals surface area contributed by atoms with Gasteiger partial charge in [-0.05, 0) is 57.4 Å². The first-order valence-electron chi connectivity index (χ1n) is 12.4. The highest BCUT2D eigenvalue weighted by atomic mass is 32.1. The molecule has 2 fully saturated rings. The largest absolute Gasteiger partial charge is 0.349 e. The van der Waals surface area contributed by atoms with Crippen LogP contribution in [0.15, 0.2) is 12.4 Å². The number of aromatic nitrogens is 5. The molecule has 3 aliphatic carbocycles. The molecule has 2 amide bonds. The van der Waals surface area contributed by atoms with Crippen molar-refractivity contribution >= 4 is 39.9 Å². The summed E-state index contributed by atoms with van der Waals surface area (Å²) in [5, 5.41) is 22.7. The van der Waals surface area contributed by atoms with Gasteiger partial charge in [0.25, 0.3) is 5.91 Å². The minimum Gasteiger partial charge on any atom is -0.349 e. The van der Waals surface area contributed by atoms with Gasteiger partial charge >= 0.3 is 0 Å². The van der Waals surface area contributed by atoms with Crippen LogP contribution in [0.3, 0.4) is 0 Å². The van der Waals surface area contributed by atoms with Gasteiger partial charge < -0.3 is 16.0 Å². The molecule has 12 heteroatoms. The average Bonchev–Trinajstić information content (AvgIpc) is 3.35. The van der Waals surface area contributed by atoms with Gasteiger partial charge in [-0.25, -0.2) is 4.39 Å². The summed E-state index contributed by atoms with van der Waals surface area (Å²) in [7, 11) is 1.86. The van der Waals surface area contributed by atoms with Crippen LogP contribution in [-0.4, -0.2) is 48.6 Å². The van der Waals surface area contributed by atoms with Crippen molar-refractivity contribution in [1.29, 1.82) is 0 Å². The van der Waals surface area contributed by atoms with E-state index in [1.54, 1.807) is 11.0 Å². The molecule has 1 unspecified atom stereocenters. The zero-order valence-electron chi connectivity index (χ0n) is 20.3. The maximum absolute atomic E-state index is 13.4. The van der Waals surface area contributed by atoms with Crippen molar-refractivity contribution in [3.8, 4) is 0 Å². The lowest BCUT2D eigenvalue weighted by Gasteiger charge is -2.31. The number of hydrogen-bond donors (Lipinski definition) is 3. The molecule has 3 aliphatic rings. The Kier molecular flexibility index (Phi) is 5.78. The first-order valence-corrected chi connectivity index (χ1v) is 13.2. The smallest absolute Gasteiger partial charge is 0.254 e. The Balaban J connectivity index is 1.27. The van der Waals surface area contributed by atoms with Crippen molar-refractivity contribution in [3.63, 3.8) is 0 Å². The number of halogens is 1. The summed E-state index contributed by atoms with van der Waals surface area (Å²) in [6, 6.07) is 1.82. The van der Waals surface area contributed by atoms with E-state index in [4.69, 9.17) is 0 Å². The van der Waals surface area contributed by atoms with Crippen molar-refractivity contribution in [3.05, 3.63) is 34.1 Å². The van der Waals surface area contributed by atoms with E-state index in [1.807, 2.05) is 24.6 Å². The highest BCUT2D eigenvalue weighted by molar-refractivity contribution is 7.17. The van der Waals surface area contributed by atoms with Crippen LogP contribution in [0, 0.1) is 12.8 Å². The van der Waals surface area contributed by atoms with Crippen LogP contribution in [0.25, 0.3) is 0 Å². The summed E-state index contributed by atoms with van der Waals surface area (Å²) in [6.45, 7) is 1.93. The quantitative estimate of drug-likeness (QED) is 0.446. The lowest BCUT2D eigenvalue weighted by Crippen LogP contribution is -2.45. The first-order chi connectivity index (χ1) is 17.4. The molecule has 0 bridgehead atoms. The minimum absolute atomic E-state index is 0.0246. The molecule has 1 atom stereocenters. The number of nitrogens with zero attached hydrogens (tertiary/aromatic N) is 5. The van der Waals surface area contributed by atoms with E-state index in [0.717, 1.165) is 47.6 Å². The number of fused-ring (bicyclic) bond motifs is 1. The Labute approximate surface area is 211 Å². The maximum atomic E-state index is 13.4. The molecule has 190 valence electrons.